The van der Waals surface area contributed by atoms with Crippen molar-refractivity contribution in [2.24, 2.45) is 0 Å². The number of aromatic amines is 3. The van der Waals surface area contributed by atoms with Gasteiger partial charge in [-0.2, -0.15) is 15.3 Å². The molecule has 0 bridgehead atoms. The van der Waals surface area contributed by atoms with Crippen LogP contribution in [0.2, 0.25) is 0 Å². The van der Waals surface area contributed by atoms with E-state index in [-0.39, 0.29) is 12.6 Å². The number of H-pyrrole nitrogens is 3. The van der Waals surface area contributed by atoms with E-state index in [1.54, 1.807) is 18.6 Å². The first kappa shape index (κ1) is 54.5. The van der Waals surface area contributed by atoms with Gasteiger partial charge in [0.25, 0.3) is 0 Å². The van der Waals surface area contributed by atoms with Crippen molar-refractivity contribution in [1.29, 1.82) is 0 Å². The van der Waals surface area contributed by atoms with Crippen molar-refractivity contribution in [3.05, 3.63) is 91.8 Å². The first-order valence-corrected chi connectivity index (χ1v) is 29.2. The summed E-state index contributed by atoms with van der Waals surface area (Å²) in [6.07, 6.45) is 19.1. The van der Waals surface area contributed by atoms with Crippen LogP contribution in [0.5, 0.6) is 0 Å². The molecule has 0 radical (unpaired) electrons. The molecule has 0 amide bonds. The van der Waals surface area contributed by atoms with E-state index in [0.29, 0.717) is 13.2 Å². The Labute approximate surface area is 477 Å². The molecule has 1 unspecified atom stereocenters. The van der Waals surface area contributed by atoms with Gasteiger partial charge in [0, 0.05) is 155 Å². The van der Waals surface area contributed by atoms with Crippen molar-refractivity contribution in [1.82, 2.24) is 60.5 Å². The van der Waals surface area contributed by atoms with Gasteiger partial charge in [-0.3, -0.25) is 30.2 Å². The van der Waals surface area contributed by atoms with Crippen molar-refractivity contribution in [2.75, 3.05) is 148 Å². The number of morpholine rings is 3. The number of fused-ring (bicyclic) bond motifs is 3. The summed E-state index contributed by atoms with van der Waals surface area (Å²) in [5, 5.41) is 34.6. The molecule has 0 aliphatic carbocycles. The second kappa shape index (κ2) is 25.8. The Morgan fingerprint density at radius 1 is 0.500 bits per heavy atom. The second-order valence-corrected chi connectivity index (χ2v) is 21.4. The molecule has 1 atom stereocenters. The molecular weight excluding hydrogens is 1040 g/mol. The Hall–Kier alpha value is -8.05. The lowest BCUT2D eigenvalue weighted by Gasteiger charge is -2.31. The van der Waals surface area contributed by atoms with Crippen LogP contribution in [0.15, 0.2) is 91.8 Å². The van der Waals surface area contributed by atoms with E-state index in [1.807, 2.05) is 48.9 Å². The average molecular weight is 1110 g/mol. The van der Waals surface area contributed by atoms with Crippen LogP contribution in [-0.4, -0.2) is 190 Å². The van der Waals surface area contributed by atoms with Crippen molar-refractivity contribution < 1.29 is 19.3 Å². The molecular formula is C60H74N18O4. The van der Waals surface area contributed by atoms with Gasteiger partial charge in [-0.1, -0.05) is 19.8 Å². The highest BCUT2D eigenvalue weighted by molar-refractivity contribution is 6.02. The van der Waals surface area contributed by atoms with E-state index in [4.69, 9.17) is 29.2 Å². The quantitative estimate of drug-likeness (QED) is 0.0916. The number of aliphatic hydroxyl groups excluding tert-OH is 1. The smallest absolute Gasteiger partial charge is 0.131 e. The van der Waals surface area contributed by atoms with Crippen molar-refractivity contribution in [3.63, 3.8) is 0 Å². The van der Waals surface area contributed by atoms with E-state index in [9.17, 15) is 5.11 Å². The molecule has 428 valence electrons. The van der Waals surface area contributed by atoms with Crippen LogP contribution in [0.4, 0.5) is 34.5 Å². The number of aliphatic hydroxyl groups is 1. The number of ether oxygens (including phenoxy) is 3. The number of nitrogens with one attached hydrogen (secondary N) is 3. The summed E-state index contributed by atoms with van der Waals surface area (Å²) in [6.45, 7) is 16.0. The van der Waals surface area contributed by atoms with Crippen LogP contribution in [-0.2, 0) is 14.2 Å². The van der Waals surface area contributed by atoms with Crippen LogP contribution >= 0.6 is 0 Å². The fourth-order valence-corrected chi connectivity index (χ4v) is 11.9. The fourth-order valence-electron chi connectivity index (χ4n) is 11.9. The Kier molecular flexibility index (Phi) is 17.2. The molecule has 0 saturated carbocycles. The summed E-state index contributed by atoms with van der Waals surface area (Å²) >= 11 is 0. The van der Waals surface area contributed by atoms with Crippen LogP contribution < -0.4 is 29.4 Å². The number of hydrogen-bond acceptors (Lipinski definition) is 19. The molecule has 0 aromatic carbocycles. The molecule has 5 saturated heterocycles. The maximum Gasteiger partial charge on any atom is 0.131 e. The maximum atomic E-state index is 9.88. The lowest BCUT2D eigenvalue weighted by atomic mass is 10.1. The zero-order valence-electron chi connectivity index (χ0n) is 47.1. The molecule has 4 N–H and O–H groups in total. The number of hydrogen-bond donors (Lipinski definition) is 4. The number of rotatable bonds is 12. The van der Waals surface area contributed by atoms with E-state index in [0.717, 1.165) is 196 Å². The third-order valence-electron chi connectivity index (χ3n) is 16.2. The average Bonchev–Trinajstić information content (AvgIpc) is 4.51. The van der Waals surface area contributed by atoms with E-state index >= 15 is 0 Å². The maximum absolute atomic E-state index is 9.88. The molecule has 14 rings (SSSR count). The third-order valence-corrected chi connectivity index (χ3v) is 16.2. The van der Waals surface area contributed by atoms with Gasteiger partial charge in [-0.25, -0.2) is 15.0 Å². The second-order valence-electron chi connectivity index (χ2n) is 21.4. The van der Waals surface area contributed by atoms with E-state index < -0.39 is 0 Å². The normalized spacial score (nSPS) is 17.9. The summed E-state index contributed by atoms with van der Waals surface area (Å²) < 4.78 is 16.6. The number of pyridine rings is 6. The predicted octanol–water partition coefficient (Wildman–Crippen LogP) is 7.76. The zero-order valence-corrected chi connectivity index (χ0v) is 47.1. The van der Waals surface area contributed by atoms with Crippen molar-refractivity contribution in [3.8, 4) is 34.2 Å². The third kappa shape index (κ3) is 11.8. The Balaban J connectivity index is 0.000000122. The molecule has 22 nitrogen and oxygen atoms in total. The zero-order chi connectivity index (χ0) is 55.6. The summed E-state index contributed by atoms with van der Waals surface area (Å²) in [5.74, 6) is 2.93. The van der Waals surface area contributed by atoms with Gasteiger partial charge >= 0.3 is 0 Å². The minimum Gasteiger partial charge on any atom is -0.394 e. The van der Waals surface area contributed by atoms with Crippen LogP contribution in [0.3, 0.4) is 0 Å². The molecule has 0 spiro atoms. The Morgan fingerprint density at radius 3 is 1.39 bits per heavy atom. The molecule has 9 aromatic heterocycles. The van der Waals surface area contributed by atoms with Crippen molar-refractivity contribution >= 4 is 67.2 Å². The summed E-state index contributed by atoms with van der Waals surface area (Å²) in [7, 11) is 2.14. The highest BCUT2D eigenvalue weighted by Gasteiger charge is 2.29. The van der Waals surface area contributed by atoms with Gasteiger partial charge in [0.2, 0.25) is 0 Å². The summed E-state index contributed by atoms with van der Waals surface area (Å²) in [4.78, 5) is 42.9. The van der Waals surface area contributed by atoms with Crippen LogP contribution in [0.1, 0.15) is 51.9 Å². The molecule has 5 aliphatic heterocycles. The number of aromatic nitrogens is 12. The molecule has 14 heterocycles. The van der Waals surface area contributed by atoms with Gasteiger partial charge in [0.1, 0.15) is 51.1 Å². The van der Waals surface area contributed by atoms with Gasteiger partial charge in [-0.15, -0.1) is 0 Å². The monoisotopic (exact) mass is 1110 g/mol. The number of anilines is 6. The fraction of sp³-hybridized carbons (Fsp3) is 0.450. The number of nitrogens with zero attached hydrogens (tertiary/aromatic N) is 15. The Morgan fingerprint density at radius 2 is 0.939 bits per heavy atom. The SMILES string of the molecule is CCCN(C)c1cc(N2CCOCC2)nc2c(-c3ccn[nH]3)nccc12.OCC1CCCN1c1cc(N2CCOCC2)nc2c(-c3ccn[nH]3)nccc12.c1cc(-c2nccc3c(N4CCCCCC4)cc(N4CCOCC4)nc23)[nH]n1. The lowest BCUT2D eigenvalue weighted by molar-refractivity contribution is 0.122. The van der Waals surface area contributed by atoms with Gasteiger partial charge < -0.3 is 48.7 Å². The highest BCUT2D eigenvalue weighted by atomic mass is 16.5. The standard InChI is InChI=1S/C21H26N6O.C20H24N6O2.C19H24N6O/c1-2-4-10-26(9-3-1)18-15-19(27-11-13-28-14-12-27)24-20-16(18)5-7-22-21(20)17-6-8-23-25-17;27-13-14-2-1-7-26(14)17-12-18(25-8-10-28-11-9-25)23-19-15(17)3-5-21-20(19)16-4-6-22-24-16;1-3-8-24(2)16-13-17(25-9-11-26-12-10-25)22-18-14(16)4-6-20-19(18)15-5-7-21-23-15/h5-8,15H,1-4,9-14H2,(H,23,25);3-6,12,14,27H,1-2,7-11,13H2,(H,22,24);4-7,13H,3,8-12H2,1-2H3,(H,21,23). The van der Waals surface area contributed by atoms with Crippen LogP contribution in [0, 0.1) is 0 Å². The summed E-state index contributed by atoms with van der Waals surface area (Å²) in [6, 6.07) is 18.7. The van der Waals surface area contributed by atoms with Crippen molar-refractivity contribution in [2.45, 2.75) is 57.9 Å². The topological polar surface area (TPSA) is 231 Å². The molecule has 9 aromatic rings. The minimum atomic E-state index is 0.145. The molecule has 82 heavy (non-hydrogen) atoms. The van der Waals surface area contributed by atoms with Crippen LogP contribution in [0.25, 0.3) is 66.9 Å². The first-order valence-electron chi connectivity index (χ1n) is 29.2. The molecule has 5 aliphatic rings. The minimum absolute atomic E-state index is 0.145. The highest BCUT2D eigenvalue weighted by Crippen LogP contribution is 2.39. The summed E-state index contributed by atoms with van der Waals surface area (Å²) in [5.41, 5.74) is 11.4. The van der Waals surface area contributed by atoms with Gasteiger partial charge in [0.15, 0.2) is 0 Å². The predicted molar refractivity (Wildman–Crippen MR) is 322 cm³/mol. The van der Waals surface area contributed by atoms with Gasteiger partial charge in [-0.05, 0) is 68.5 Å². The lowest BCUT2D eigenvalue weighted by Crippen LogP contribution is -2.37. The van der Waals surface area contributed by atoms with E-state index in [1.165, 1.54) is 42.4 Å². The largest absolute Gasteiger partial charge is 0.394 e. The molecule has 5 fully saturated rings. The molecule has 22 heteroatoms. The first-order chi connectivity index (χ1) is 40.5. The van der Waals surface area contributed by atoms with E-state index in [2.05, 4.69) is 113 Å². The van der Waals surface area contributed by atoms with Gasteiger partial charge in [0.05, 0.1) is 75.1 Å². The Bertz CT molecular complexity index is 3490.